The highest BCUT2D eigenvalue weighted by atomic mass is 35.5. The fourth-order valence-electron chi connectivity index (χ4n) is 3.59. The maximum Gasteiger partial charge on any atom is 0.161 e. The van der Waals surface area contributed by atoms with Gasteiger partial charge in [-0.05, 0) is 30.3 Å². The second-order valence-electron chi connectivity index (χ2n) is 7.17. The molecule has 1 heterocycles. The minimum Gasteiger partial charge on any atom is -0.493 e. The summed E-state index contributed by atoms with van der Waals surface area (Å²) >= 11 is 0. The molecule has 0 saturated heterocycles. The summed E-state index contributed by atoms with van der Waals surface area (Å²) in [7, 11) is 1.60. The Hall–Kier alpha value is -2.93. The topological polar surface area (TPSA) is 64.9 Å². The zero-order valence-corrected chi connectivity index (χ0v) is 18.6. The first-order chi connectivity index (χ1) is 16.4. The van der Waals surface area contributed by atoms with Gasteiger partial charge in [-0.3, -0.25) is 0 Å². The highest BCUT2D eigenvalue weighted by molar-refractivity contribution is 6.11. The zero-order chi connectivity index (χ0) is 24.1. The van der Waals surface area contributed by atoms with Crippen LogP contribution in [-0.4, -0.2) is 49.2 Å². The summed E-state index contributed by atoms with van der Waals surface area (Å²) < 4.78 is 42.2. The van der Waals surface area contributed by atoms with E-state index in [4.69, 9.17) is 18.3 Å². The average Bonchev–Trinajstić information content (AvgIpc) is 3.18. The summed E-state index contributed by atoms with van der Waals surface area (Å²) in [5, 5.41) is 15.0. The monoisotopic (exact) mass is 459 g/mol. The van der Waals surface area contributed by atoms with Crippen LogP contribution in [0.3, 0.4) is 0 Å². The van der Waals surface area contributed by atoms with Crippen LogP contribution in [0.1, 0.15) is 4.11 Å². The van der Waals surface area contributed by atoms with Crippen LogP contribution in [0.5, 0.6) is 17.2 Å². The number of aryl methyl sites for hydroxylation is 1. The molecule has 4 aromatic rings. The van der Waals surface area contributed by atoms with Gasteiger partial charge in [-0.2, -0.15) is 0 Å². The van der Waals surface area contributed by atoms with Gasteiger partial charge in [0.2, 0.25) is 0 Å². The van der Waals surface area contributed by atoms with E-state index >= 15 is 0 Å². The van der Waals surface area contributed by atoms with Gasteiger partial charge in [-0.25, -0.2) is 0 Å². The average molecular weight is 460 g/mol. The summed E-state index contributed by atoms with van der Waals surface area (Å²) in [5.41, 5.74) is 1.19. The number of benzene rings is 3. The van der Waals surface area contributed by atoms with Gasteiger partial charge in [0.1, 0.15) is 25.1 Å². The molecule has 170 valence electrons. The fourth-order valence-corrected chi connectivity index (χ4v) is 3.59. The van der Waals surface area contributed by atoms with Crippen LogP contribution in [-0.2, 0) is 6.98 Å². The number of aliphatic hydroxyl groups is 1. The second kappa shape index (κ2) is 11.1. The van der Waals surface area contributed by atoms with Crippen LogP contribution in [0, 0.1) is 0 Å². The molecule has 0 aliphatic carbocycles. The number of hydrogen-bond acceptors (Lipinski definition) is 5. The summed E-state index contributed by atoms with van der Waals surface area (Å²) in [4.78, 5) is 0. The Bertz CT molecular complexity index is 1260. The van der Waals surface area contributed by atoms with Crippen LogP contribution < -0.4 is 19.5 Å². The van der Waals surface area contributed by atoms with Gasteiger partial charge in [0.25, 0.3) is 0 Å². The highest BCUT2D eigenvalue weighted by Gasteiger charge is 2.13. The van der Waals surface area contributed by atoms with E-state index in [9.17, 15) is 5.11 Å². The lowest BCUT2D eigenvalue weighted by Gasteiger charge is -2.15. The van der Waals surface area contributed by atoms with Crippen molar-refractivity contribution in [3.63, 3.8) is 0 Å². The van der Waals surface area contributed by atoms with Crippen LogP contribution >= 0.6 is 12.4 Å². The van der Waals surface area contributed by atoms with Crippen molar-refractivity contribution >= 4 is 34.2 Å². The van der Waals surface area contributed by atoms with Crippen LogP contribution in [0.2, 0.25) is 0 Å². The molecule has 0 bridgehead atoms. The Morgan fingerprint density at radius 1 is 0.938 bits per heavy atom. The maximum atomic E-state index is 10.4. The van der Waals surface area contributed by atoms with E-state index in [0.717, 1.165) is 10.8 Å². The Morgan fingerprint density at radius 2 is 1.66 bits per heavy atom. The number of aromatic nitrogens is 1. The molecule has 7 heteroatoms. The first kappa shape index (κ1) is 19.7. The molecule has 1 atom stereocenters. The van der Waals surface area contributed by atoms with Crippen LogP contribution in [0.4, 0.5) is 0 Å². The van der Waals surface area contributed by atoms with Gasteiger partial charge in [0, 0.05) is 40.5 Å². The maximum absolute atomic E-state index is 10.4. The van der Waals surface area contributed by atoms with Gasteiger partial charge in [-0.1, -0.05) is 36.4 Å². The number of methoxy groups -OCH3 is 1. The van der Waals surface area contributed by atoms with E-state index < -0.39 is 13.1 Å². The number of nitrogens with zero attached hydrogens (tertiary/aromatic N) is 1. The molecule has 0 radical (unpaired) electrons. The van der Waals surface area contributed by atoms with E-state index in [1.54, 1.807) is 31.4 Å². The molecule has 0 saturated carbocycles. The summed E-state index contributed by atoms with van der Waals surface area (Å²) in [6.07, 6.45) is -0.752. The number of rotatable bonds is 10. The van der Waals surface area contributed by atoms with Crippen molar-refractivity contribution < 1.29 is 23.4 Å². The van der Waals surface area contributed by atoms with Gasteiger partial charge in [0.05, 0.1) is 12.6 Å². The van der Waals surface area contributed by atoms with Crippen molar-refractivity contribution in [1.82, 2.24) is 9.88 Å². The molecule has 1 aromatic heterocycles. The lowest BCUT2D eigenvalue weighted by Crippen LogP contribution is -2.33. The molecule has 3 aromatic carbocycles. The molecule has 0 aliphatic rings. The zero-order valence-electron chi connectivity index (χ0n) is 20.8. The molecular formula is C25H29ClN2O4. The van der Waals surface area contributed by atoms with Crippen molar-refractivity contribution in [2.45, 2.75) is 6.10 Å². The van der Waals surface area contributed by atoms with E-state index in [-0.39, 0.29) is 19.0 Å². The number of hydrogen-bond donors (Lipinski definition) is 2. The van der Waals surface area contributed by atoms with E-state index in [1.165, 1.54) is 4.57 Å². The molecular weight excluding hydrogens is 428 g/mol. The lowest BCUT2D eigenvalue weighted by atomic mass is 10.1. The summed E-state index contributed by atoms with van der Waals surface area (Å²) in [5.74, 6) is 1.88. The Morgan fingerprint density at radius 3 is 2.47 bits per heavy atom. The number of nitrogens with one attached hydrogen (secondary N) is 1. The third-order valence-electron chi connectivity index (χ3n) is 5.08. The number of fused-ring (bicyclic) bond motifs is 3. The molecule has 4 rings (SSSR count). The minimum atomic E-state index is -2.32. The molecule has 0 aliphatic heterocycles. The molecule has 32 heavy (non-hydrogen) atoms. The number of ether oxygens (including phenoxy) is 3. The van der Waals surface area contributed by atoms with Gasteiger partial charge >= 0.3 is 0 Å². The standard InChI is InChI=1S/C25H28N2O4.ClH/c1-27-20-9-4-3-8-19(20)25-21(27)10-7-13-24(25)31-17-18(28)16-26-14-15-30-23-12-6-5-11-22(23)29-2;/h3-13,18,26,28H,14-17H2,1-2H3;1H/i1D3;. The quantitative estimate of drug-likeness (QED) is 0.348. The molecule has 0 fully saturated rings. The lowest BCUT2D eigenvalue weighted by molar-refractivity contribution is 0.106. The minimum absolute atomic E-state index is 0. The predicted molar refractivity (Wildman–Crippen MR) is 131 cm³/mol. The third kappa shape index (κ3) is 5.10. The predicted octanol–water partition coefficient (Wildman–Crippen LogP) is 4.17. The van der Waals surface area contributed by atoms with Crippen molar-refractivity contribution in [2.75, 3.05) is 33.4 Å². The Labute approximate surface area is 198 Å². The van der Waals surface area contributed by atoms with Crippen molar-refractivity contribution in [2.24, 2.45) is 6.98 Å². The molecule has 0 spiro atoms. The normalized spacial score (nSPS) is 13.6. The summed E-state index contributed by atoms with van der Waals surface area (Å²) in [6, 6.07) is 20.1. The van der Waals surface area contributed by atoms with Gasteiger partial charge in [0.15, 0.2) is 11.5 Å². The van der Waals surface area contributed by atoms with Crippen molar-refractivity contribution in [1.29, 1.82) is 0 Å². The second-order valence-corrected chi connectivity index (χ2v) is 7.17. The third-order valence-corrected chi connectivity index (χ3v) is 5.08. The first-order valence-corrected chi connectivity index (χ1v) is 10.2. The Balaban J connectivity index is 0.00000342. The molecule has 0 amide bonds. The van der Waals surface area contributed by atoms with Crippen molar-refractivity contribution in [3.8, 4) is 17.2 Å². The summed E-state index contributed by atoms with van der Waals surface area (Å²) in [6.45, 7) is -0.983. The van der Waals surface area contributed by atoms with Crippen molar-refractivity contribution in [3.05, 3.63) is 66.7 Å². The number of halogens is 1. The number of aliphatic hydroxyl groups excluding tert-OH is 1. The highest BCUT2D eigenvalue weighted by Crippen LogP contribution is 2.34. The van der Waals surface area contributed by atoms with Crippen LogP contribution in [0.25, 0.3) is 21.8 Å². The smallest absolute Gasteiger partial charge is 0.161 e. The first-order valence-electron chi connectivity index (χ1n) is 11.7. The van der Waals surface area contributed by atoms with E-state index in [0.29, 0.717) is 48.0 Å². The molecule has 1 unspecified atom stereocenters. The molecule has 2 N–H and O–H groups in total. The molecule has 6 nitrogen and oxygen atoms in total. The number of para-hydroxylation sites is 3. The van der Waals surface area contributed by atoms with Crippen LogP contribution in [0.15, 0.2) is 66.7 Å². The van der Waals surface area contributed by atoms with E-state index in [2.05, 4.69) is 5.32 Å². The Kier molecular flexibility index (Phi) is 6.84. The SMILES string of the molecule is Cl.[2H]C([2H])([2H])n1c2ccccc2c2c(OCC(O)CNCCOc3ccccc3OC)cccc21. The van der Waals surface area contributed by atoms with E-state index in [1.807, 2.05) is 42.5 Å². The van der Waals surface area contributed by atoms with Gasteiger partial charge in [-0.15, -0.1) is 12.4 Å². The van der Waals surface area contributed by atoms with Gasteiger partial charge < -0.3 is 29.2 Å². The fraction of sp³-hybridized carbons (Fsp3) is 0.280. The largest absolute Gasteiger partial charge is 0.493 e.